The number of aromatic nitrogens is 1. The quantitative estimate of drug-likeness (QED) is 0.618. The molecule has 2 aliphatic heterocycles. The summed E-state index contributed by atoms with van der Waals surface area (Å²) in [7, 11) is 0. The van der Waals surface area contributed by atoms with E-state index in [0.717, 1.165) is 27.8 Å². The molecule has 0 aliphatic carbocycles. The molecule has 2 aliphatic rings. The highest BCUT2D eigenvalue weighted by Crippen LogP contribution is 2.30. The first kappa shape index (κ1) is 21.5. The van der Waals surface area contributed by atoms with E-state index in [1.165, 1.54) is 0 Å². The number of amides is 3. The SMILES string of the molecule is Cc1cc(N2C[C@H](NC(=O)c3cc4[nH]ccc4cc3Cl)CC2=O)ccc1N1CCOCC1=O. The first-order valence-corrected chi connectivity index (χ1v) is 11.1. The summed E-state index contributed by atoms with van der Waals surface area (Å²) in [6.07, 6.45) is 2.00. The minimum Gasteiger partial charge on any atom is -0.370 e. The van der Waals surface area contributed by atoms with Crippen LogP contribution in [0, 0.1) is 6.92 Å². The molecule has 2 N–H and O–H groups in total. The molecular weight excluding hydrogens is 444 g/mol. The van der Waals surface area contributed by atoms with Gasteiger partial charge in [-0.05, 0) is 48.9 Å². The Labute approximate surface area is 195 Å². The lowest BCUT2D eigenvalue weighted by atomic mass is 10.1. The molecule has 2 fully saturated rings. The van der Waals surface area contributed by atoms with Crippen LogP contribution < -0.4 is 15.1 Å². The summed E-state index contributed by atoms with van der Waals surface area (Å²) in [6, 6.07) is 10.6. The zero-order chi connectivity index (χ0) is 23.1. The molecule has 8 nitrogen and oxygen atoms in total. The molecule has 170 valence electrons. The van der Waals surface area contributed by atoms with Gasteiger partial charge in [-0.25, -0.2) is 0 Å². The lowest BCUT2D eigenvalue weighted by Gasteiger charge is -2.29. The number of hydrogen-bond donors (Lipinski definition) is 2. The number of nitrogens with zero attached hydrogens (tertiary/aromatic N) is 2. The van der Waals surface area contributed by atoms with Crippen molar-refractivity contribution in [3.8, 4) is 0 Å². The third-order valence-electron chi connectivity index (χ3n) is 6.11. The van der Waals surface area contributed by atoms with E-state index < -0.39 is 0 Å². The molecule has 0 unspecified atom stereocenters. The molecule has 0 radical (unpaired) electrons. The fourth-order valence-electron chi connectivity index (χ4n) is 4.45. The number of carbonyl (C=O) groups excluding carboxylic acids is 3. The maximum absolute atomic E-state index is 12.9. The zero-order valence-corrected chi connectivity index (χ0v) is 18.8. The second kappa shape index (κ2) is 8.53. The van der Waals surface area contributed by atoms with Crippen LogP contribution in [0.2, 0.25) is 5.02 Å². The van der Waals surface area contributed by atoms with Crippen molar-refractivity contribution in [2.24, 2.45) is 0 Å². The number of anilines is 2. The molecule has 3 amide bonds. The van der Waals surface area contributed by atoms with Crippen molar-refractivity contribution in [3.63, 3.8) is 0 Å². The van der Waals surface area contributed by atoms with Crippen molar-refractivity contribution in [1.82, 2.24) is 10.3 Å². The van der Waals surface area contributed by atoms with E-state index in [0.29, 0.717) is 30.3 Å². The predicted molar refractivity (Wildman–Crippen MR) is 126 cm³/mol. The number of carbonyl (C=O) groups is 3. The maximum Gasteiger partial charge on any atom is 0.253 e. The van der Waals surface area contributed by atoms with E-state index in [2.05, 4.69) is 10.3 Å². The molecule has 0 spiro atoms. The minimum atomic E-state index is -0.332. The molecule has 2 aromatic carbocycles. The summed E-state index contributed by atoms with van der Waals surface area (Å²) in [6.45, 7) is 3.36. The van der Waals surface area contributed by atoms with Gasteiger partial charge in [0.1, 0.15) is 6.61 Å². The highest BCUT2D eigenvalue weighted by atomic mass is 35.5. The number of benzene rings is 2. The van der Waals surface area contributed by atoms with Gasteiger partial charge in [-0.1, -0.05) is 11.6 Å². The average Bonchev–Trinajstić information content (AvgIpc) is 3.39. The van der Waals surface area contributed by atoms with Crippen LogP contribution in [-0.4, -0.2) is 55.1 Å². The molecule has 1 atom stereocenters. The molecule has 3 aromatic rings. The number of hydrogen-bond acceptors (Lipinski definition) is 4. The fraction of sp³-hybridized carbons (Fsp3) is 0.292. The van der Waals surface area contributed by atoms with Gasteiger partial charge in [-0.3, -0.25) is 14.4 Å². The number of H-pyrrole nitrogens is 1. The summed E-state index contributed by atoms with van der Waals surface area (Å²) in [5.41, 5.74) is 3.65. The van der Waals surface area contributed by atoms with Gasteiger partial charge >= 0.3 is 0 Å². The van der Waals surface area contributed by atoms with Crippen molar-refractivity contribution in [1.29, 1.82) is 0 Å². The number of halogens is 1. The highest BCUT2D eigenvalue weighted by molar-refractivity contribution is 6.34. The normalized spacial score (nSPS) is 18.9. The largest absolute Gasteiger partial charge is 0.370 e. The van der Waals surface area contributed by atoms with Crippen molar-refractivity contribution >= 4 is 51.6 Å². The topological polar surface area (TPSA) is 94.7 Å². The number of nitrogens with one attached hydrogen (secondary N) is 2. The molecular formula is C24H23ClN4O4. The van der Waals surface area contributed by atoms with Crippen LogP contribution in [-0.2, 0) is 14.3 Å². The third kappa shape index (κ3) is 4.07. The average molecular weight is 467 g/mol. The number of ether oxygens (including phenoxy) is 1. The van der Waals surface area contributed by atoms with Crippen LogP contribution in [0.5, 0.6) is 0 Å². The van der Waals surface area contributed by atoms with E-state index in [1.54, 1.807) is 28.1 Å². The first-order valence-electron chi connectivity index (χ1n) is 10.8. The summed E-state index contributed by atoms with van der Waals surface area (Å²) in [5, 5.41) is 4.23. The Bertz CT molecular complexity index is 1270. The minimum absolute atomic E-state index is 0.0687. The predicted octanol–water partition coefficient (Wildman–Crippen LogP) is 3.03. The van der Waals surface area contributed by atoms with Gasteiger partial charge in [0.2, 0.25) is 5.91 Å². The zero-order valence-electron chi connectivity index (χ0n) is 18.1. The smallest absolute Gasteiger partial charge is 0.253 e. The molecule has 0 bridgehead atoms. The van der Waals surface area contributed by atoms with Gasteiger partial charge in [0.15, 0.2) is 0 Å². The summed E-state index contributed by atoms with van der Waals surface area (Å²) < 4.78 is 5.20. The van der Waals surface area contributed by atoms with E-state index in [1.807, 2.05) is 31.2 Å². The van der Waals surface area contributed by atoms with Crippen molar-refractivity contribution < 1.29 is 19.1 Å². The number of aromatic amines is 1. The van der Waals surface area contributed by atoms with Gasteiger partial charge in [-0.15, -0.1) is 0 Å². The van der Waals surface area contributed by atoms with Crippen LogP contribution in [0.25, 0.3) is 10.9 Å². The van der Waals surface area contributed by atoms with Crippen molar-refractivity contribution in [2.45, 2.75) is 19.4 Å². The van der Waals surface area contributed by atoms with Crippen molar-refractivity contribution in [3.05, 3.63) is 58.7 Å². The maximum atomic E-state index is 12.9. The van der Waals surface area contributed by atoms with Crippen LogP contribution in [0.15, 0.2) is 42.6 Å². The van der Waals surface area contributed by atoms with Gasteiger partial charge < -0.3 is 24.8 Å². The lowest BCUT2D eigenvalue weighted by molar-refractivity contribution is -0.125. The molecule has 5 rings (SSSR count). The first-order chi connectivity index (χ1) is 15.9. The van der Waals surface area contributed by atoms with Crippen LogP contribution in [0.4, 0.5) is 11.4 Å². The highest BCUT2D eigenvalue weighted by Gasteiger charge is 2.32. The van der Waals surface area contributed by atoms with Gasteiger partial charge in [0, 0.05) is 48.0 Å². The second-order valence-corrected chi connectivity index (χ2v) is 8.75. The Morgan fingerprint density at radius 2 is 2.00 bits per heavy atom. The number of morpholine rings is 1. The number of aryl methyl sites for hydroxylation is 1. The standard InChI is InChI=1S/C24H23ClN4O4/c1-14-8-17(2-3-21(14)28-6-7-33-13-23(28)31)29-12-16(10-22(29)30)27-24(32)18-11-20-15(4-5-26-20)9-19(18)25/h2-5,8-9,11,16,26H,6-7,10,12-13H2,1H3,(H,27,32)/t16-/m1/s1. The Hall–Kier alpha value is -3.36. The summed E-state index contributed by atoms with van der Waals surface area (Å²) >= 11 is 6.31. The summed E-state index contributed by atoms with van der Waals surface area (Å²) in [4.78, 5) is 44.2. The molecule has 3 heterocycles. The lowest BCUT2D eigenvalue weighted by Crippen LogP contribution is -2.42. The Balaban J connectivity index is 1.30. The van der Waals surface area contributed by atoms with E-state index in [4.69, 9.17) is 16.3 Å². The third-order valence-corrected chi connectivity index (χ3v) is 6.43. The van der Waals surface area contributed by atoms with Gasteiger partial charge in [0.25, 0.3) is 11.8 Å². The Morgan fingerprint density at radius 3 is 2.79 bits per heavy atom. The van der Waals surface area contributed by atoms with Crippen LogP contribution in [0.1, 0.15) is 22.3 Å². The fourth-order valence-corrected chi connectivity index (χ4v) is 4.70. The molecule has 0 saturated carbocycles. The summed E-state index contributed by atoms with van der Waals surface area (Å²) in [5.74, 6) is -0.456. The molecule has 33 heavy (non-hydrogen) atoms. The van der Waals surface area contributed by atoms with E-state index >= 15 is 0 Å². The van der Waals surface area contributed by atoms with Gasteiger partial charge in [0.05, 0.1) is 23.2 Å². The van der Waals surface area contributed by atoms with E-state index in [-0.39, 0.29) is 36.8 Å². The number of rotatable bonds is 4. The van der Waals surface area contributed by atoms with Gasteiger partial charge in [-0.2, -0.15) is 0 Å². The van der Waals surface area contributed by atoms with Crippen LogP contribution >= 0.6 is 11.6 Å². The number of fused-ring (bicyclic) bond motifs is 1. The van der Waals surface area contributed by atoms with Crippen molar-refractivity contribution in [2.75, 3.05) is 36.1 Å². The molecule has 2 saturated heterocycles. The molecule has 1 aromatic heterocycles. The van der Waals surface area contributed by atoms with Crippen LogP contribution in [0.3, 0.4) is 0 Å². The van der Waals surface area contributed by atoms with E-state index in [9.17, 15) is 14.4 Å². The Kier molecular flexibility index (Phi) is 5.55. The molecule has 9 heteroatoms. The Morgan fingerprint density at radius 1 is 1.15 bits per heavy atom. The second-order valence-electron chi connectivity index (χ2n) is 8.34. The monoisotopic (exact) mass is 466 g/mol.